The standard InChI is InChI=1S/C15H18N4OS/c1-3-11-8-12-13(17-9-10-6-5-7-20-10)18-15(16-4-2)19-14(12)21-11/h5-8H,3-4,9H2,1-2H3,(H2,16,17,18,19). The summed E-state index contributed by atoms with van der Waals surface area (Å²) in [6.45, 7) is 5.60. The molecule has 0 aromatic carbocycles. The predicted octanol–water partition coefficient (Wildman–Crippen LogP) is 3.89. The average Bonchev–Trinajstić information content (AvgIpc) is 3.14. The summed E-state index contributed by atoms with van der Waals surface area (Å²) >= 11 is 1.72. The molecule has 0 saturated heterocycles. The van der Waals surface area contributed by atoms with E-state index in [0.717, 1.165) is 34.8 Å². The summed E-state index contributed by atoms with van der Waals surface area (Å²) in [6, 6.07) is 6.00. The molecule has 21 heavy (non-hydrogen) atoms. The van der Waals surface area contributed by atoms with Gasteiger partial charge in [0.25, 0.3) is 0 Å². The Balaban J connectivity index is 1.94. The van der Waals surface area contributed by atoms with Crippen molar-refractivity contribution in [2.24, 2.45) is 0 Å². The number of hydrogen-bond acceptors (Lipinski definition) is 6. The van der Waals surface area contributed by atoms with Gasteiger partial charge in [-0.25, -0.2) is 4.98 Å². The van der Waals surface area contributed by atoms with Crippen LogP contribution in [0.5, 0.6) is 0 Å². The molecule has 5 nitrogen and oxygen atoms in total. The third-order valence-corrected chi connectivity index (χ3v) is 4.31. The maximum atomic E-state index is 5.35. The topological polar surface area (TPSA) is 63.0 Å². The Morgan fingerprint density at radius 1 is 1.24 bits per heavy atom. The van der Waals surface area contributed by atoms with E-state index in [4.69, 9.17) is 4.42 Å². The van der Waals surface area contributed by atoms with Crippen LogP contribution in [0.15, 0.2) is 28.9 Å². The van der Waals surface area contributed by atoms with E-state index in [1.165, 1.54) is 4.88 Å². The van der Waals surface area contributed by atoms with Crippen LogP contribution in [-0.2, 0) is 13.0 Å². The van der Waals surface area contributed by atoms with Gasteiger partial charge in [-0.1, -0.05) is 6.92 Å². The number of nitrogens with one attached hydrogen (secondary N) is 2. The smallest absolute Gasteiger partial charge is 0.226 e. The van der Waals surface area contributed by atoms with Crippen molar-refractivity contribution in [2.45, 2.75) is 26.8 Å². The number of thiophene rings is 1. The van der Waals surface area contributed by atoms with Crippen molar-refractivity contribution in [2.75, 3.05) is 17.2 Å². The predicted molar refractivity (Wildman–Crippen MR) is 87.0 cm³/mol. The lowest BCUT2D eigenvalue weighted by molar-refractivity contribution is 0.518. The van der Waals surface area contributed by atoms with E-state index in [9.17, 15) is 0 Å². The van der Waals surface area contributed by atoms with Crippen LogP contribution in [0.4, 0.5) is 11.8 Å². The van der Waals surface area contributed by atoms with Crippen LogP contribution in [0.1, 0.15) is 24.5 Å². The van der Waals surface area contributed by atoms with Gasteiger partial charge < -0.3 is 15.1 Å². The zero-order valence-electron chi connectivity index (χ0n) is 12.1. The molecule has 0 aliphatic rings. The highest BCUT2D eigenvalue weighted by atomic mass is 32.1. The Morgan fingerprint density at radius 2 is 2.14 bits per heavy atom. The molecule has 3 rings (SSSR count). The van der Waals surface area contributed by atoms with Crippen LogP contribution in [0.2, 0.25) is 0 Å². The summed E-state index contributed by atoms with van der Waals surface area (Å²) in [4.78, 5) is 11.5. The molecule has 3 aromatic rings. The number of fused-ring (bicyclic) bond motifs is 1. The summed E-state index contributed by atoms with van der Waals surface area (Å²) in [6.07, 6.45) is 2.69. The molecule has 0 atom stereocenters. The van der Waals surface area contributed by atoms with Gasteiger partial charge in [-0.15, -0.1) is 11.3 Å². The van der Waals surface area contributed by atoms with Gasteiger partial charge in [-0.05, 0) is 31.5 Å². The number of furan rings is 1. The first kappa shape index (κ1) is 13.9. The fourth-order valence-electron chi connectivity index (χ4n) is 2.10. The molecule has 110 valence electrons. The maximum Gasteiger partial charge on any atom is 0.226 e. The molecule has 0 aliphatic carbocycles. The first-order chi connectivity index (χ1) is 10.3. The Morgan fingerprint density at radius 3 is 2.86 bits per heavy atom. The molecule has 3 heterocycles. The Labute approximate surface area is 127 Å². The SMILES string of the molecule is CCNc1nc(NCc2ccco2)c2cc(CC)sc2n1. The number of nitrogens with zero attached hydrogens (tertiary/aromatic N) is 2. The van der Waals surface area contributed by atoms with Crippen LogP contribution in [0.25, 0.3) is 10.2 Å². The molecule has 6 heteroatoms. The number of hydrogen-bond donors (Lipinski definition) is 2. The highest BCUT2D eigenvalue weighted by molar-refractivity contribution is 7.18. The molecular weight excluding hydrogens is 284 g/mol. The second kappa shape index (κ2) is 6.13. The highest BCUT2D eigenvalue weighted by Gasteiger charge is 2.11. The summed E-state index contributed by atoms with van der Waals surface area (Å²) in [5, 5.41) is 7.60. The molecule has 0 spiro atoms. The molecule has 0 saturated carbocycles. The Hall–Kier alpha value is -2.08. The number of aromatic nitrogens is 2. The molecule has 2 N–H and O–H groups in total. The normalized spacial score (nSPS) is 11.0. The van der Waals surface area contributed by atoms with Crippen molar-refractivity contribution in [1.82, 2.24) is 9.97 Å². The number of aryl methyl sites for hydroxylation is 1. The average molecular weight is 302 g/mol. The monoisotopic (exact) mass is 302 g/mol. The quantitative estimate of drug-likeness (QED) is 0.723. The lowest BCUT2D eigenvalue weighted by Crippen LogP contribution is -2.06. The molecule has 0 aliphatic heterocycles. The lowest BCUT2D eigenvalue weighted by Gasteiger charge is -2.08. The summed E-state index contributed by atoms with van der Waals surface area (Å²) < 4.78 is 5.35. The molecule has 0 fully saturated rings. The maximum absolute atomic E-state index is 5.35. The van der Waals surface area contributed by atoms with Gasteiger partial charge in [0.15, 0.2) is 0 Å². The zero-order chi connectivity index (χ0) is 14.7. The van der Waals surface area contributed by atoms with Crippen molar-refractivity contribution in [3.05, 3.63) is 35.1 Å². The molecule has 0 unspecified atom stereocenters. The molecule has 0 bridgehead atoms. The molecule has 3 aromatic heterocycles. The Kier molecular flexibility index (Phi) is 4.06. The van der Waals surface area contributed by atoms with Crippen molar-refractivity contribution in [1.29, 1.82) is 0 Å². The largest absolute Gasteiger partial charge is 0.467 e. The third kappa shape index (κ3) is 3.00. The van der Waals surface area contributed by atoms with E-state index in [0.29, 0.717) is 12.5 Å². The molecule has 0 radical (unpaired) electrons. The highest BCUT2D eigenvalue weighted by Crippen LogP contribution is 2.30. The summed E-state index contributed by atoms with van der Waals surface area (Å²) in [5.74, 6) is 2.40. The van der Waals surface area contributed by atoms with Crippen LogP contribution in [0.3, 0.4) is 0 Å². The van der Waals surface area contributed by atoms with Crippen molar-refractivity contribution in [3.63, 3.8) is 0 Å². The lowest BCUT2D eigenvalue weighted by atomic mass is 10.3. The first-order valence-electron chi connectivity index (χ1n) is 7.10. The summed E-state index contributed by atoms with van der Waals surface area (Å²) in [7, 11) is 0. The van der Waals surface area contributed by atoms with Gasteiger partial charge in [-0.2, -0.15) is 4.98 Å². The summed E-state index contributed by atoms with van der Waals surface area (Å²) in [5.41, 5.74) is 0. The Bertz CT molecular complexity index is 721. The molecule has 0 amide bonds. The number of rotatable bonds is 6. The molecular formula is C15H18N4OS. The fraction of sp³-hybridized carbons (Fsp3) is 0.333. The first-order valence-corrected chi connectivity index (χ1v) is 7.92. The number of anilines is 2. The van der Waals surface area contributed by atoms with E-state index in [1.807, 2.05) is 19.1 Å². The van der Waals surface area contributed by atoms with Gasteiger partial charge in [0.05, 0.1) is 18.2 Å². The van der Waals surface area contributed by atoms with Gasteiger partial charge in [0.2, 0.25) is 5.95 Å². The van der Waals surface area contributed by atoms with E-state index >= 15 is 0 Å². The van der Waals surface area contributed by atoms with Crippen LogP contribution < -0.4 is 10.6 Å². The van der Waals surface area contributed by atoms with E-state index < -0.39 is 0 Å². The minimum atomic E-state index is 0.613. The minimum absolute atomic E-state index is 0.613. The third-order valence-electron chi connectivity index (χ3n) is 3.14. The van der Waals surface area contributed by atoms with Crippen LogP contribution in [0, 0.1) is 0 Å². The van der Waals surface area contributed by atoms with Crippen molar-refractivity contribution in [3.8, 4) is 0 Å². The van der Waals surface area contributed by atoms with Gasteiger partial charge >= 0.3 is 0 Å². The van der Waals surface area contributed by atoms with Gasteiger partial charge in [0, 0.05) is 11.4 Å². The second-order valence-electron chi connectivity index (χ2n) is 4.64. The van der Waals surface area contributed by atoms with Gasteiger partial charge in [0.1, 0.15) is 16.4 Å². The van der Waals surface area contributed by atoms with Crippen molar-refractivity contribution < 1.29 is 4.42 Å². The van der Waals surface area contributed by atoms with Crippen LogP contribution >= 0.6 is 11.3 Å². The second-order valence-corrected chi connectivity index (χ2v) is 5.76. The van der Waals surface area contributed by atoms with E-state index in [1.54, 1.807) is 17.6 Å². The van der Waals surface area contributed by atoms with Crippen LogP contribution in [-0.4, -0.2) is 16.5 Å². The minimum Gasteiger partial charge on any atom is -0.467 e. The van der Waals surface area contributed by atoms with E-state index in [-0.39, 0.29) is 0 Å². The zero-order valence-corrected chi connectivity index (χ0v) is 13.0. The van der Waals surface area contributed by atoms with Crippen molar-refractivity contribution >= 4 is 33.3 Å². The van der Waals surface area contributed by atoms with E-state index in [2.05, 4.69) is 33.6 Å². The fourth-order valence-corrected chi connectivity index (χ4v) is 3.07. The van der Waals surface area contributed by atoms with Gasteiger partial charge in [-0.3, -0.25) is 0 Å².